The lowest BCUT2D eigenvalue weighted by molar-refractivity contribution is 0.565. The summed E-state index contributed by atoms with van der Waals surface area (Å²) in [4.78, 5) is 13.7. The minimum absolute atomic E-state index is 0.333. The van der Waals surface area contributed by atoms with Crippen molar-refractivity contribution in [2.75, 3.05) is 0 Å². The summed E-state index contributed by atoms with van der Waals surface area (Å²) in [6, 6.07) is 16.2. The van der Waals surface area contributed by atoms with E-state index in [-0.39, 0.29) is 0 Å². The van der Waals surface area contributed by atoms with Crippen LogP contribution in [0.4, 0.5) is 5.69 Å². The molecule has 18 heavy (non-hydrogen) atoms. The Morgan fingerprint density at radius 1 is 0.944 bits per heavy atom. The second kappa shape index (κ2) is 5.44. The highest BCUT2D eigenvalue weighted by atomic mass is 16.1. The van der Waals surface area contributed by atoms with Crippen LogP contribution in [-0.4, -0.2) is 6.08 Å². The molecule has 0 N–H and O–H groups in total. The van der Waals surface area contributed by atoms with E-state index < -0.39 is 0 Å². The van der Waals surface area contributed by atoms with Gasteiger partial charge in [-0.2, -0.15) is 4.99 Å². The Morgan fingerprint density at radius 3 is 1.94 bits per heavy atom. The molecule has 0 aromatic heterocycles. The fourth-order valence-electron chi connectivity index (χ4n) is 1.94. The summed E-state index contributed by atoms with van der Waals surface area (Å²) in [6.07, 6.45) is 1.55. The van der Waals surface area contributed by atoms with Gasteiger partial charge in [0.2, 0.25) is 6.08 Å². The van der Waals surface area contributed by atoms with Crippen molar-refractivity contribution in [3.05, 3.63) is 65.2 Å². The lowest BCUT2D eigenvalue weighted by Crippen LogP contribution is -1.95. The Balaban J connectivity index is 2.25. The molecule has 2 rings (SSSR count). The van der Waals surface area contributed by atoms with E-state index in [1.807, 2.05) is 24.3 Å². The average molecular weight is 237 g/mol. The van der Waals surface area contributed by atoms with Gasteiger partial charge in [-0.25, -0.2) is 4.79 Å². The molecular weight excluding hydrogens is 222 g/mol. The predicted molar refractivity (Wildman–Crippen MR) is 72.9 cm³/mol. The normalized spacial score (nSPS) is 11.7. The Kier molecular flexibility index (Phi) is 3.71. The number of benzene rings is 2. The molecule has 2 aromatic carbocycles. The first-order valence-electron chi connectivity index (χ1n) is 5.95. The highest BCUT2D eigenvalue weighted by molar-refractivity contribution is 5.50. The molecule has 2 heteroatoms. The molecule has 0 heterocycles. The van der Waals surface area contributed by atoms with Gasteiger partial charge in [0.05, 0.1) is 5.69 Å². The van der Waals surface area contributed by atoms with Gasteiger partial charge < -0.3 is 0 Å². The van der Waals surface area contributed by atoms with Gasteiger partial charge in [-0.05, 0) is 30.2 Å². The van der Waals surface area contributed by atoms with Crippen LogP contribution < -0.4 is 0 Å². The third-order valence-corrected chi connectivity index (χ3v) is 3.15. The molecule has 0 saturated heterocycles. The maximum Gasteiger partial charge on any atom is 0.240 e. The zero-order valence-corrected chi connectivity index (χ0v) is 10.6. The van der Waals surface area contributed by atoms with Gasteiger partial charge in [-0.15, -0.1) is 0 Å². The topological polar surface area (TPSA) is 29.4 Å². The molecular formula is C16H15NO. The van der Waals surface area contributed by atoms with Gasteiger partial charge in [0.1, 0.15) is 0 Å². The maximum atomic E-state index is 10.2. The van der Waals surface area contributed by atoms with Crippen LogP contribution in [0.25, 0.3) is 0 Å². The smallest absolute Gasteiger partial charge is 0.211 e. The summed E-state index contributed by atoms with van der Waals surface area (Å²) in [5.74, 6) is 0.333. The third-order valence-electron chi connectivity index (χ3n) is 3.15. The van der Waals surface area contributed by atoms with E-state index in [0.717, 1.165) is 0 Å². The van der Waals surface area contributed by atoms with Crippen LogP contribution in [0.15, 0.2) is 53.5 Å². The van der Waals surface area contributed by atoms with Crippen LogP contribution in [-0.2, 0) is 4.79 Å². The summed E-state index contributed by atoms with van der Waals surface area (Å²) in [5, 5.41) is 0. The van der Waals surface area contributed by atoms with Crippen molar-refractivity contribution >= 4 is 11.8 Å². The zero-order valence-electron chi connectivity index (χ0n) is 10.6. The lowest BCUT2D eigenvalue weighted by atomic mass is 9.92. The van der Waals surface area contributed by atoms with Crippen molar-refractivity contribution in [1.82, 2.24) is 0 Å². The van der Waals surface area contributed by atoms with Gasteiger partial charge in [0.15, 0.2) is 0 Å². The van der Waals surface area contributed by atoms with Crippen molar-refractivity contribution in [3.63, 3.8) is 0 Å². The Bertz CT molecular complexity index is 563. The van der Waals surface area contributed by atoms with Crippen LogP contribution in [0.5, 0.6) is 0 Å². The average Bonchev–Trinajstić information content (AvgIpc) is 2.40. The number of carbonyl (C=O) groups excluding carboxylic acids is 1. The first-order valence-corrected chi connectivity index (χ1v) is 5.95. The number of aryl methyl sites for hydroxylation is 1. The first kappa shape index (κ1) is 12.3. The molecule has 0 fully saturated rings. The SMILES string of the molecule is Cc1ccc(C(C)c2ccc(N=C=O)cc2)cc1. The molecule has 0 saturated carbocycles. The molecule has 0 aliphatic rings. The minimum Gasteiger partial charge on any atom is -0.211 e. The predicted octanol–water partition coefficient (Wildman–Crippen LogP) is 4.11. The first-order chi connectivity index (χ1) is 8.70. The van der Waals surface area contributed by atoms with E-state index >= 15 is 0 Å². The molecule has 1 atom stereocenters. The Hall–Kier alpha value is -2.18. The van der Waals surface area contributed by atoms with Crippen LogP contribution in [0.1, 0.15) is 29.5 Å². The molecule has 0 amide bonds. The molecule has 0 aliphatic carbocycles. The molecule has 0 bridgehead atoms. The summed E-state index contributed by atoms with van der Waals surface area (Å²) in [5.41, 5.74) is 4.41. The van der Waals surface area contributed by atoms with Crippen molar-refractivity contribution in [1.29, 1.82) is 0 Å². The van der Waals surface area contributed by atoms with Crippen LogP contribution in [0.2, 0.25) is 0 Å². The van der Waals surface area contributed by atoms with Gasteiger partial charge >= 0.3 is 0 Å². The van der Waals surface area contributed by atoms with E-state index in [1.165, 1.54) is 16.7 Å². The molecule has 1 unspecified atom stereocenters. The number of aliphatic imine (C=N–C) groups is 1. The van der Waals surface area contributed by atoms with E-state index in [0.29, 0.717) is 11.6 Å². The zero-order chi connectivity index (χ0) is 13.0. The fraction of sp³-hybridized carbons (Fsp3) is 0.188. The van der Waals surface area contributed by atoms with Crippen molar-refractivity contribution in [2.45, 2.75) is 19.8 Å². The lowest BCUT2D eigenvalue weighted by Gasteiger charge is -2.12. The quantitative estimate of drug-likeness (QED) is 0.583. The largest absolute Gasteiger partial charge is 0.240 e. The van der Waals surface area contributed by atoms with Crippen molar-refractivity contribution < 1.29 is 4.79 Å². The third kappa shape index (κ3) is 2.73. The highest BCUT2D eigenvalue weighted by Crippen LogP contribution is 2.25. The van der Waals surface area contributed by atoms with E-state index in [1.54, 1.807) is 6.08 Å². The Labute approximate surface area is 107 Å². The highest BCUT2D eigenvalue weighted by Gasteiger charge is 2.07. The van der Waals surface area contributed by atoms with Gasteiger partial charge in [0, 0.05) is 5.92 Å². The second-order valence-corrected chi connectivity index (χ2v) is 4.43. The number of nitrogens with zero attached hydrogens (tertiary/aromatic N) is 1. The second-order valence-electron chi connectivity index (χ2n) is 4.43. The number of rotatable bonds is 3. The maximum absolute atomic E-state index is 10.2. The molecule has 2 nitrogen and oxygen atoms in total. The monoisotopic (exact) mass is 237 g/mol. The molecule has 2 aromatic rings. The summed E-state index contributed by atoms with van der Waals surface area (Å²) >= 11 is 0. The molecule has 0 aliphatic heterocycles. The van der Waals surface area contributed by atoms with E-state index in [2.05, 4.69) is 43.1 Å². The Morgan fingerprint density at radius 2 is 1.44 bits per heavy atom. The number of hydrogen-bond donors (Lipinski definition) is 0. The molecule has 0 spiro atoms. The van der Waals surface area contributed by atoms with Crippen LogP contribution in [0.3, 0.4) is 0 Å². The van der Waals surface area contributed by atoms with E-state index in [4.69, 9.17) is 0 Å². The van der Waals surface area contributed by atoms with E-state index in [9.17, 15) is 4.79 Å². The standard InChI is InChI=1S/C16H15NO/c1-12-3-5-14(6-4-12)13(2)15-7-9-16(10-8-15)17-11-18/h3-10,13H,1-2H3. The van der Waals surface area contributed by atoms with Crippen LogP contribution >= 0.6 is 0 Å². The van der Waals surface area contributed by atoms with Gasteiger partial charge in [0.25, 0.3) is 0 Å². The summed E-state index contributed by atoms with van der Waals surface area (Å²) in [6.45, 7) is 4.25. The van der Waals surface area contributed by atoms with Crippen molar-refractivity contribution in [3.8, 4) is 0 Å². The minimum atomic E-state index is 0.333. The fourth-order valence-corrected chi connectivity index (χ4v) is 1.94. The van der Waals surface area contributed by atoms with Gasteiger partial charge in [-0.1, -0.05) is 48.9 Å². The van der Waals surface area contributed by atoms with Crippen LogP contribution in [0, 0.1) is 6.92 Å². The van der Waals surface area contributed by atoms with Gasteiger partial charge in [-0.3, -0.25) is 0 Å². The number of hydrogen-bond acceptors (Lipinski definition) is 2. The summed E-state index contributed by atoms with van der Waals surface area (Å²) in [7, 11) is 0. The summed E-state index contributed by atoms with van der Waals surface area (Å²) < 4.78 is 0. The van der Waals surface area contributed by atoms with Crippen molar-refractivity contribution in [2.24, 2.45) is 4.99 Å². The molecule has 90 valence electrons. The molecule has 0 radical (unpaired) electrons. The number of isocyanates is 1.